The lowest BCUT2D eigenvalue weighted by Gasteiger charge is -2.24. The van der Waals surface area contributed by atoms with Gasteiger partial charge in [-0.05, 0) is 54.3 Å². The van der Waals surface area contributed by atoms with E-state index >= 15 is 0 Å². The number of thioether (sulfide) groups is 1. The van der Waals surface area contributed by atoms with Gasteiger partial charge in [0.05, 0.1) is 11.3 Å². The summed E-state index contributed by atoms with van der Waals surface area (Å²) in [6.07, 6.45) is 0.744. The summed E-state index contributed by atoms with van der Waals surface area (Å²) in [6, 6.07) is 25.8. The molecule has 2 nitrogen and oxygen atoms in total. The fourth-order valence-electron chi connectivity index (χ4n) is 3.13. The molecule has 3 aromatic rings. The van der Waals surface area contributed by atoms with Gasteiger partial charge >= 0.3 is 0 Å². The lowest BCUT2D eigenvalue weighted by molar-refractivity contribution is -0.121. The van der Waals surface area contributed by atoms with Crippen molar-refractivity contribution in [3.63, 3.8) is 0 Å². The third kappa shape index (κ3) is 5.18. The van der Waals surface area contributed by atoms with Gasteiger partial charge in [0.15, 0.2) is 0 Å². The summed E-state index contributed by atoms with van der Waals surface area (Å²) in [7, 11) is 0. The summed E-state index contributed by atoms with van der Waals surface area (Å²) in [6.45, 7) is 4.12. The molecule has 1 N–H and O–H groups in total. The van der Waals surface area contributed by atoms with Crippen LogP contribution in [0, 0.1) is 6.92 Å². The van der Waals surface area contributed by atoms with Crippen molar-refractivity contribution < 1.29 is 4.79 Å². The van der Waals surface area contributed by atoms with Gasteiger partial charge in [0, 0.05) is 9.92 Å². The minimum atomic E-state index is -0.172. The fraction of sp³-hybridized carbons (Fsp3) is 0.208. The average Bonchev–Trinajstić information content (AvgIpc) is 2.72. The normalized spacial score (nSPS) is 13.0. The third-order valence-corrected chi connectivity index (χ3v) is 6.30. The quantitative estimate of drug-likeness (QED) is 0.456. The Hall–Kier alpha value is -2.23. The van der Waals surface area contributed by atoms with Crippen LogP contribution >= 0.6 is 23.4 Å². The van der Waals surface area contributed by atoms with E-state index in [-0.39, 0.29) is 17.2 Å². The maximum atomic E-state index is 13.2. The monoisotopic (exact) mass is 409 g/mol. The number of benzene rings is 3. The molecule has 0 unspecified atom stereocenters. The first-order valence-corrected chi connectivity index (χ1v) is 10.7. The van der Waals surface area contributed by atoms with Crippen LogP contribution in [-0.2, 0) is 4.79 Å². The van der Waals surface area contributed by atoms with Crippen molar-refractivity contribution >= 4 is 29.3 Å². The zero-order valence-electron chi connectivity index (χ0n) is 16.1. The minimum absolute atomic E-state index is 0.0413. The molecule has 28 heavy (non-hydrogen) atoms. The van der Waals surface area contributed by atoms with E-state index in [1.807, 2.05) is 61.5 Å². The molecule has 0 aliphatic carbocycles. The maximum Gasteiger partial charge on any atom is 0.234 e. The zero-order chi connectivity index (χ0) is 19.9. The summed E-state index contributed by atoms with van der Waals surface area (Å²) in [5.74, 6) is 0.0413. The first-order chi connectivity index (χ1) is 13.6. The van der Waals surface area contributed by atoms with Crippen molar-refractivity contribution in [2.24, 2.45) is 0 Å². The minimum Gasteiger partial charge on any atom is -0.344 e. The summed E-state index contributed by atoms with van der Waals surface area (Å²) < 4.78 is 0. The highest BCUT2D eigenvalue weighted by atomic mass is 35.5. The third-order valence-electron chi connectivity index (χ3n) is 4.67. The van der Waals surface area contributed by atoms with Crippen LogP contribution in [0.25, 0.3) is 0 Å². The highest BCUT2D eigenvalue weighted by Crippen LogP contribution is 2.29. The number of rotatable bonds is 7. The van der Waals surface area contributed by atoms with Gasteiger partial charge < -0.3 is 5.32 Å². The zero-order valence-corrected chi connectivity index (χ0v) is 17.6. The molecule has 1 amide bonds. The highest BCUT2D eigenvalue weighted by Gasteiger charge is 2.24. The van der Waals surface area contributed by atoms with Gasteiger partial charge in [-0.15, -0.1) is 11.8 Å². The van der Waals surface area contributed by atoms with Crippen molar-refractivity contribution in [2.75, 3.05) is 0 Å². The molecule has 0 saturated heterocycles. The molecular weight excluding hydrogens is 386 g/mol. The number of carbonyl (C=O) groups is 1. The van der Waals surface area contributed by atoms with Gasteiger partial charge in [-0.1, -0.05) is 73.1 Å². The molecule has 3 rings (SSSR count). The maximum absolute atomic E-state index is 13.2. The summed E-state index contributed by atoms with van der Waals surface area (Å²) in [5.41, 5.74) is 3.36. The van der Waals surface area contributed by atoms with Gasteiger partial charge in [0.1, 0.15) is 0 Å². The molecule has 0 aliphatic rings. The Morgan fingerprint density at radius 3 is 2.25 bits per heavy atom. The van der Waals surface area contributed by atoms with E-state index in [2.05, 4.69) is 36.5 Å². The lowest BCUT2D eigenvalue weighted by atomic mass is 9.95. The topological polar surface area (TPSA) is 29.1 Å². The van der Waals surface area contributed by atoms with E-state index in [0.29, 0.717) is 5.02 Å². The largest absolute Gasteiger partial charge is 0.344 e. The SMILES string of the molecule is CC[C@@H](Sc1ccc(Cl)cc1)C(=O)N[C@@H](c1ccccc1)c1ccccc1C. The Morgan fingerprint density at radius 2 is 1.61 bits per heavy atom. The van der Waals surface area contributed by atoms with Crippen LogP contribution in [0.1, 0.15) is 36.1 Å². The number of hydrogen-bond acceptors (Lipinski definition) is 2. The molecule has 4 heteroatoms. The van der Waals surface area contributed by atoms with Gasteiger partial charge in [-0.2, -0.15) is 0 Å². The van der Waals surface area contributed by atoms with E-state index in [9.17, 15) is 4.79 Å². The highest BCUT2D eigenvalue weighted by molar-refractivity contribution is 8.00. The molecule has 0 spiro atoms. The molecule has 0 fully saturated rings. The summed E-state index contributed by atoms with van der Waals surface area (Å²) in [5, 5.41) is 3.82. The first-order valence-electron chi connectivity index (χ1n) is 9.41. The van der Waals surface area contributed by atoms with Crippen LogP contribution < -0.4 is 5.32 Å². The number of nitrogens with one attached hydrogen (secondary N) is 1. The summed E-state index contributed by atoms with van der Waals surface area (Å²) in [4.78, 5) is 14.2. The Balaban J connectivity index is 1.84. The van der Waals surface area contributed by atoms with Crippen LogP contribution in [0.2, 0.25) is 5.02 Å². The lowest BCUT2D eigenvalue weighted by Crippen LogP contribution is -2.36. The number of carbonyl (C=O) groups excluding carboxylic acids is 1. The fourth-order valence-corrected chi connectivity index (χ4v) is 4.22. The Labute approximate surface area is 176 Å². The molecule has 0 aromatic heterocycles. The van der Waals surface area contributed by atoms with Crippen LogP contribution in [0.5, 0.6) is 0 Å². The van der Waals surface area contributed by atoms with Crippen molar-refractivity contribution in [1.29, 1.82) is 0 Å². The molecule has 0 aliphatic heterocycles. The van der Waals surface area contributed by atoms with E-state index in [4.69, 9.17) is 11.6 Å². The molecule has 3 aromatic carbocycles. The Morgan fingerprint density at radius 1 is 0.964 bits per heavy atom. The molecule has 0 bridgehead atoms. The van der Waals surface area contributed by atoms with Crippen LogP contribution in [-0.4, -0.2) is 11.2 Å². The molecule has 0 saturated carbocycles. The second kappa shape index (κ2) is 9.81. The van der Waals surface area contributed by atoms with Gasteiger partial charge in [-0.3, -0.25) is 4.79 Å². The van der Waals surface area contributed by atoms with E-state index in [1.165, 1.54) is 0 Å². The predicted molar refractivity (Wildman–Crippen MR) is 119 cm³/mol. The number of halogens is 1. The van der Waals surface area contributed by atoms with Gasteiger partial charge in [0.25, 0.3) is 0 Å². The Bertz CT molecular complexity index is 911. The van der Waals surface area contributed by atoms with E-state index in [0.717, 1.165) is 28.0 Å². The van der Waals surface area contributed by atoms with Crippen molar-refractivity contribution in [2.45, 2.75) is 36.5 Å². The summed E-state index contributed by atoms with van der Waals surface area (Å²) >= 11 is 7.55. The van der Waals surface area contributed by atoms with Gasteiger partial charge in [0.2, 0.25) is 5.91 Å². The second-order valence-corrected chi connectivity index (χ2v) is 8.39. The average molecular weight is 410 g/mol. The van der Waals surface area contributed by atoms with Crippen molar-refractivity contribution in [3.05, 3.63) is 101 Å². The van der Waals surface area contributed by atoms with Crippen LogP contribution in [0.4, 0.5) is 0 Å². The molecule has 144 valence electrons. The standard InChI is InChI=1S/C24H24ClNOS/c1-3-22(28-20-15-13-19(25)14-16-20)24(27)26-23(18-10-5-4-6-11-18)21-12-8-7-9-17(21)2/h4-16,22-23H,3H2,1-2H3,(H,26,27)/t22-,23+/m1/s1. The van der Waals surface area contributed by atoms with Crippen molar-refractivity contribution in [3.8, 4) is 0 Å². The van der Waals surface area contributed by atoms with Gasteiger partial charge in [-0.25, -0.2) is 0 Å². The van der Waals surface area contributed by atoms with Crippen molar-refractivity contribution in [1.82, 2.24) is 5.32 Å². The predicted octanol–water partition coefficient (Wildman–Crippen LogP) is 6.42. The smallest absolute Gasteiger partial charge is 0.234 e. The Kier molecular flexibility index (Phi) is 7.18. The van der Waals surface area contributed by atoms with Crippen LogP contribution in [0.15, 0.2) is 83.8 Å². The molecule has 0 radical (unpaired) electrons. The number of hydrogen-bond donors (Lipinski definition) is 1. The second-order valence-electron chi connectivity index (χ2n) is 6.68. The molecular formula is C24H24ClNOS. The molecule has 2 atom stereocenters. The van der Waals surface area contributed by atoms with E-state index in [1.54, 1.807) is 11.8 Å². The first kappa shape index (κ1) is 20.5. The molecule has 0 heterocycles. The van der Waals surface area contributed by atoms with Crippen LogP contribution in [0.3, 0.4) is 0 Å². The number of amides is 1. The van der Waals surface area contributed by atoms with E-state index < -0.39 is 0 Å². The number of aryl methyl sites for hydroxylation is 1.